The second kappa shape index (κ2) is 7.21. The number of nitrogens with zero attached hydrogens (tertiary/aromatic N) is 2. The van der Waals surface area contributed by atoms with Crippen molar-refractivity contribution in [2.24, 2.45) is 4.99 Å². The van der Waals surface area contributed by atoms with Crippen LogP contribution in [-0.2, 0) is 0 Å². The zero-order valence-electron chi connectivity index (χ0n) is 15.9. The van der Waals surface area contributed by atoms with Crippen molar-refractivity contribution in [3.8, 4) is 0 Å². The molecule has 1 heterocycles. The van der Waals surface area contributed by atoms with Crippen LogP contribution >= 0.6 is 27.5 Å². The Morgan fingerprint density at radius 2 is 1.92 bits per heavy atom. The molecule has 0 amide bonds. The summed E-state index contributed by atoms with van der Waals surface area (Å²) in [6.45, 7) is 11.8. The number of aliphatic imine (C=N–C) groups is 1. The Labute approximate surface area is 169 Å². The zero-order valence-corrected chi connectivity index (χ0v) is 18.2. The van der Waals surface area contributed by atoms with E-state index in [9.17, 15) is 0 Å². The second-order valence-electron chi connectivity index (χ2n) is 7.31. The average Bonchev–Trinajstić information content (AvgIpc) is 2.54. The van der Waals surface area contributed by atoms with Gasteiger partial charge in [0.05, 0.1) is 16.2 Å². The standard InChI is InChI=1S/C22H24BrClN2/c1-6-26-21-11-19(24)16(10-18(21)15(3)12-22(26,4)5)13-25-20-8-7-17(23)9-14(20)2/h7-13H,6H2,1-5H3. The Kier molecular flexibility index (Phi) is 5.32. The SMILES string of the molecule is CCN1c2cc(Cl)c(C=Nc3ccc(Br)cc3C)cc2C(C)=CC1(C)C. The summed E-state index contributed by atoms with van der Waals surface area (Å²) in [7, 11) is 0. The van der Waals surface area contributed by atoms with E-state index >= 15 is 0 Å². The lowest BCUT2D eigenvalue weighted by molar-refractivity contribution is 0.566. The summed E-state index contributed by atoms with van der Waals surface area (Å²) in [5.74, 6) is 0. The molecule has 0 atom stereocenters. The van der Waals surface area contributed by atoms with Crippen molar-refractivity contribution >= 4 is 50.7 Å². The van der Waals surface area contributed by atoms with Crippen LogP contribution < -0.4 is 4.90 Å². The van der Waals surface area contributed by atoms with Crippen molar-refractivity contribution in [1.82, 2.24) is 0 Å². The molecular formula is C22H24BrClN2. The molecule has 2 nitrogen and oxygen atoms in total. The Morgan fingerprint density at radius 3 is 2.58 bits per heavy atom. The van der Waals surface area contributed by atoms with Gasteiger partial charge in [0.1, 0.15) is 0 Å². The molecule has 0 saturated carbocycles. The van der Waals surface area contributed by atoms with Crippen LogP contribution in [-0.4, -0.2) is 18.3 Å². The van der Waals surface area contributed by atoms with Gasteiger partial charge in [-0.15, -0.1) is 0 Å². The normalized spacial score (nSPS) is 16.0. The third-order valence-electron chi connectivity index (χ3n) is 4.91. The molecule has 0 unspecified atom stereocenters. The van der Waals surface area contributed by atoms with E-state index in [0.717, 1.165) is 32.9 Å². The van der Waals surface area contributed by atoms with Crippen LogP contribution in [0.5, 0.6) is 0 Å². The Bertz CT molecular complexity index is 913. The van der Waals surface area contributed by atoms with Gasteiger partial charge in [0.25, 0.3) is 0 Å². The summed E-state index contributed by atoms with van der Waals surface area (Å²) in [6.07, 6.45) is 4.19. The molecule has 0 radical (unpaired) electrons. The molecule has 0 bridgehead atoms. The number of halogens is 2. The van der Waals surface area contributed by atoms with E-state index in [2.05, 4.69) is 84.7 Å². The predicted octanol–water partition coefficient (Wildman–Crippen LogP) is 7.18. The van der Waals surface area contributed by atoms with E-state index in [1.54, 1.807) is 0 Å². The first-order valence-corrected chi connectivity index (χ1v) is 10.0. The van der Waals surface area contributed by atoms with Crippen LogP contribution in [0.2, 0.25) is 5.02 Å². The van der Waals surface area contributed by atoms with Gasteiger partial charge >= 0.3 is 0 Å². The number of aryl methyl sites for hydroxylation is 1. The van der Waals surface area contributed by atoms with Crippen molar-refractivity contribution in [3.05, 3.63) is 62.6 Å². The number of benzene rings is 2. The van der Waals surface area contributed by atoms with Gasteiger partial charge < -0.3 is 4.90 Å². The van der Waals surface area contributed by atoms with Crippen LogP contribution in [0, 0.1) is 6.92 Å². The van der Waals surface area contributed by atoms with Crippen molar-refractivity contribution in [2.75, 3.05) is 11.4 Å². The smallest absolute Gasteiger partial charge is 0.0659 e. The maximum absolute atomic E-state index is 6.61. The second-order valence-corrected chi connectivity index (χ2v) is 8.63. The minimum Gasteiger partial charge on any atom is -0.363 e. The highest BCUT2D eigenvalue weighted by Gasteiger charge is 2.30. The van der Waals surface area contributed by atoms with E-state index in [0.29, 0.717) is 0 Å². The monoisotopic (exact) mass is 430 g/mol. The molecule has 2 aromatic carbocycles. The molecule has 1 aliphatic heterocycles. The first kappa shape index (κ1) is 19.2. The van der Waals surface area contributed by atoms with Gasteiger partial charge in [-0.25, -0.2) is 0 Å². The fourth-order valence-corrected chi connectivity index (χ4v) is 4.38. The Morgan fingerprint density at radius 1 is 1.19 bits per heavy atom. The molecule has 0 aliphatic carbocycles. The molecule has 0 spiro atoms. The molecule has 1 aliphatic rings. The van der Waals surface area contributed by atoms with Gasteiger partial charge in [-0.3, -0.25) is 4.99 Å². The van der Waals surface area contributed by atoms with Crippen LogP contribution in [0.1, 0.15) is 44.4 Å². The van der Waals surface area contributed by atoms with E-state index in [1.165, 1.54) is 16.8 Å². The first-order valence-electron chi connectivity index (χ1n) is 8.84. The maximum atomic E-state index is 6.61. The lowest BCUT2D eigenvalue weighted by Gasteiger charge is -2.43. The van der Waals surface area contributed by atoms with E-state index < -0.39 is 0 Å². The molecule has 0 aromatic heterocycles. The maximum Gasteiger partial charge on any atom is 0.0659 e. The van der Waals surface area contributed by atoms with E-state index in [4.69, 9.17) is 11.6 Å². The highest BCUT2D eigenvalue weighted by atomic mass is 79.9. The highest BCUT2D eigenvalue weighted by Crippen LogP contribution is 2.41. The van der Waals surface area contributed by atoms with Gasteiger partial charge in [-0.1, -0.05) is 33.6 Å². The number of hydrogen-bond acceptors (Lipinski definition) is 2. The van der Waals surface area contributed by atoms with Gasteiger partial charge in [-0.2, -0.15) is 0 Å². The first-order chi connectivity index (χ1) is 12.2. The molecule has 4 heteroatoms. The molecular weight excluding hydrogens is 408 g/mol. The summed E-state index contributed by atoms with van der Waals surface area (Å²) in [5, 5.41) is 0.728. The number of allylic oxidation sites excluding steroid dienone is 1. The fourth-order valence-electron chi connectivity index (χ4n) is 3.69. The van der Waals surface area contributed by atoms with Gasteiger partial charge in [0.15, 0.2) is 0 Å². The topological polar surface area (TPSA) is 15.6 Å². The molecule has 0 saturated heterocycles. The summed E-state index contributed by atoms with van der Waals surface area (Å²) >= 11 is 10.1. The minimum absolute atomic E-state index is 0.0146. The largest absolute Gasteiger partial charge is 0.363 e. The van der Waals surface area contributed by atoms with Crippen molar-refractivity contribution in [1.29, 1.82) is 0 Å². The Hall–Kier alpha value is -1.58. The lowest BCUT2D eigenvalue weighted by Crippen LogP contribution is -2.44. The van der Waals surface area contributed by atoms with Gasteiger partial charge in [-0.05, 0) is 76.1 Å². The average molecular weight is 432 g/mol. The van der Waals surface area contributed by atoms with Crippen molar-refractivity contribution in [2.45, 2.75) is 40.2 Å². The van der Waals surface area contributed by atoms with E-state index in [-0.39, 0.29) is 5.54 Å². The third kappa shape index (κ3) is 3.60. The molecule has 2 aromatic rings. The van der Waals surface area contributed by atoms with Gasteiger partial charge in [0.2, 0.25) is 0 Å². The summed E-state index contributed by atoms with van der Waals surface area (Å²) in [5.41, 5.74) is 6.70. The molecule has 26 heavy (non-hydrogen) atoms. The van der Waals surface area contributed by atoms with Crippen LogP contribution in [0.3, 0.4) is 0 Å². The minimum atomic E-state index is -0.0146. The zero-order chi connectivity index (χ0) is 19.1. The molecule has 136 valence electrons. The predicted molar refractivity (Wildman–Crippen MR) is 118 cm³/mol. The summed E-state index contributed by atoms with van der Waals surface area (Å²) in [6, 6.07) is 10.3. The lowest BCUT2D eigenvalue weighted by atomic mass is 9.88. The Balaban J connectivity index is 2.04. The quantitative estimate of drug-likeness (QED) is 0.470. The number of rotatable bonds is 3. The number of anilines is 1. The third-order valence-corrected chi connectivity index (χ3v) is 5.73. The van der Waals surface area contributed by atoms with Crippen LogP contribution in [0.4, 0.5) is 11.4 Å². The molecule has 0 N–H and O–H groups in total. The highest BCUT2D eigenvalue weighted by molar-refractivity contribution is 9.10. The van der Waals surface area contributed by atoms with Gasteiger partial charge in [0, 0.05) is 34.0 Å². The van der Waals surface area contributed by atoms with Crippen LogP contribution in [0.25, 0.3) is 5.57 Å². The summed E-state index contributed by atoms with van der Waals surface area (Å²) < 4.78 is 1.06. The van der Waals surface area contributed by atoms with Crippen LogP contribution in [0.15, 0.2) is 45.9 Å². The number of fused-ring (bicyclic) bond motifs is 1. The summed E-state index contributed by atoms with van der Waals surface area (Å²) in [4.78, 5) is 7.05. The molecule has 0 fully saturated rings. The fraction of sp³-hybridized carbons (Fsp3) is 0.318. The number of hydrogen-bond donors (Lipinski definition) is 0. The van der Waals surface area contributed by atoms with E-state index in [1.807, 2.05) is 18.3 Å². The van der Waals surface area contributed by atoms with Crippen molar-refractivity contribution in [3.63, 3.8) is 0 Å². The van der Waals surface area contributed by atoms with Crippen molar-refractivity contribution < 1.29 is 0 Å². The number of likely N-dealkylation sites (N-methyl/N-ethyl adjacent to an activating group) is 1. The molecule has 3 rings (SSSR count).